The van der Waals surface area contributed by atoms with Crippen molar-refractivity contribution >= 4 is 35.6 Å². The van der Waals surface area contributed by atoms with Gasteiger partial charge in [0.1, 0.15) is 0 Å². The predicted octanol–water partition coefficient (Wildman–Crippen LogP) is 2.48. The van der Waals surface area contributed by atoms with Crippen LogP contribution in [0.25, 0.3) is 0 Å². The van der Waals surface area contributed by atoms with Gasteiger partial charge < -0.3 is 10.6 Å². The molecule has 1 aliphatic heterocycles. The van der Waals surface area contributed by atoms with Gasteiger partial charge >= 0.3 is 0 Å². The molecular formula is C14H17Cl2N3O3. The number of fused-ring (bicyclic) bond motifs is 1. The van der Waals surface area contributed by atoms with Crippen molar-refractivity contribution in [2.24, 2.45) is 17.6 Å². The van der Waals surface area contributed by atoms with E-state index in [1.54, 1.807) is 4.90 Å². The third-order valence-corrected chi connectivity index (χ3v) is 4.91. The Labute approximate surface area is 139 Å². The Morgan fingerprint density at radius 3 is 2.68 bits per heavy atom. The third-order valence-electron chi connectivity index (χ3n) is 4.59. The Morgan fingerprint density at radius 1 is 1.36 bits per heavy atom. The van der Waals surface area contributed by atoms with Gasteiger partial charge in [0, 0.05) is 31.3 Å². The summed E-state index contributed by atoms with van der Waals surface area (Å²) in [6, 6.07) is 4.12. The summed E-state index contributed by atoms with van der Waals surface area (Å²) in [5.41, 5.74) is 6.27. The van der Waals surface area contributed by atoms with E-state index in [1.165, 1.54) is 18.2 Å². The van der Waals surface area contributed by atoms with Crippen LogP contribution < -0.4 is 5.73 Å². The molecule has 2 fully saturated rings. The number of nitro groups is 1. The zero-order valence-electron chi connectivity index (χ0n) is 11.8. The number of likely N-dealkylation sites (tertiary alicyclic amines) is 1. The summed E-state index contributed by atoms with van der Waals surface area (Å²) in [6.45, 7) is 1.35. The first-order valence-electron chi connectivity index (χ1n) is 6.96. The summed E-state index contributed by atoms with van der Waals surface area (Å²) >= 11 is 6.02. The highest BCUT2D eigenvalue weighted by atomic mass is 35.5. The molecule has 0 bridgehead atoms. The van der Waals surface area contributed by atoms with Crippen LogP contribution in [0.15, 0.2) is 18.2 Å². The van der Waals surface area contributed by atoms with E-state index in [-0.39, 0.29) is 35.1 Å². The van der Waals surface area contributed by atoms with Gasteiger partial charge in [-0.3, -0.25) is 14.9 Å². The fourth-order valence-corrected chi connectivity index (χ4v) is 3.69. The zero-order valence-corrected chi connectivity index (χ0v) is 13.3. The van der Waals surface area contributed by atoms with Crippen molar-refractivity contribution in [2.75, 3.05) is 13.1 Å². The van der Waals surface area contributed by atoms with Crippen LogP contribution in [0.2, 0.25) is 5.02 Å². The van der Waals surface area contributed by atoms with Crippen LogP contribution in [0.4, 0.5) is 5.69 Å². The van der Waals surface area contributed by atoms with Gasteiger partial charge in [-0.25, -0.2) is 0 Å². The quantitative estimate of drug-likeness (QED) is 0.658. The van der Waals surface area contributed by atoms with Crippen LogP contribution in [0.5, 0.6) is 0 Å². The molecule has 1 aromatic rings. The van der Waals surface area contributed by atoms with Crippen LogP contribution >= 0.6 is 24.0 Å². The Kier molecular flexibility index (Phi) is 4.94. The standard InChI is InChI=1S/C14H16ClN3O3.ClH/c15-12-5-9(18(20)21)2-3-10(12)14(19)17-6-8-1-4-13(16)11(8)7-17;/h2-3,5,8,11,13H,1,4,6-7,16H2;1H. The lowest BCUT2D eigenvalue weighted by molar-refractivity contribution is -0.384. The van der Waals surface area contributed by atoms with Crippen molar-refractivity contribution in [2.45, 2.75) is 18.9 Å². The molecule has 0 spiro atoms. The van der Waals surface area contributed by atoms with Gasteiger partial charge in [-0.1, -0.05) is 11.6 Å². The molecule has 120 valence electrons. The molecule has 0 radical (unpaired) electrons. The summed E-state index contributed by atoms with van der Waals surface area (Å²) in [7, 11) is 0. The smallest absolute Gasteiger partial charge is 0.270 e. The molecule has 1 saturated carbocycles. The highest BCUT2D eigenvalue weighted by Crippen LogP contribution is 2.38. The molecular weight excluding hydrogens is 329 g/mol. The summed E-state index contributed by atoms with van der Waals surface area (Å²) in [5.74, 6) is 0.669. The molecule has 1 aromatic carbocycles. The minimum atomic E-state index is -0.528. The van der Waals surface area contributed by atoms with Crippen molar-refractivity contribution in [3.05, 3.63) is 38.9 Å². The molecule has 3 atom stereocenters. The van der Waals surface area contributed by atoms with Crippen molar-refractivity contribution < 1.29 is 9.72 Å². The number of halogens is 2. The second kappa shape index (κ2) is 6.40. The highest BCUT2D eigenvalue weighted by molar-refractivity contribution is 6.34. The van der Waals surface area contributed by atoms with Crippen molar-refractivity contribution in [3.8, 4) is 0 Å². The number of nitrogens with two attached hydrogens (primary N) is 1. The summed E-state index contributed by atoms with van der Waals surface area (Å²) in [6.07, 6.45) is 2.08. The number of benzene rings is 1. The summed E-state index contributed by atoms with van der Waals surface area (Å²) in [4.78, 5) is 24.5. The number of nitro benzene ring substituents is 1. The summed E-state index contributed by atoms with van der Waals surface area (Å²) < 4.78 is 0. The van der Waals surface area contributed by atoms with E-state index in [1.807, 2.05) is 0 Å². The molecule has 22 heavy (non-hydrogen) atoms. The van der Waals surface area contributed by atoms with Gasteiger partial charge in [0.15, 0.2) is 0 Å². The lowest BCUT2D eigenvalue weighted by Gasteiger charge is -2.19. The van der Waals surface area contributed by atoms with E-state index >= 15 is 0 Å². The molecule has 2 N–H and O–H groups in total. The largest absolute Gasteiger partial charge is 0.338 e. The van der Waals surface area contributed by atoms with E-state index in [9.17, 15) is 14.9 Å². The average molecular weight is 346 g/mol. The monoisotopic (exact) mass is 345 g/mol. The van der Waals surface area contributed by atoms with Gasteiger partial charge in [-0.15, -0.1) is 12.4 Å². The number of hydrogen-bond donors (Lipinski definition) is 1. The number of amides is 1. The first-order valence-corrected chi connectivity index (χ1v) is 7.34. The Bertz CT molecular complexity index is 611. The van der Waals surface area contributed by atoms with E-state index in [2.05, 4.69) is 0 Å². The second-order valence-corrected chi connectivity index (χ2v) is 6.20. The summed E-state index contributed by atoms with van der Waals surface area (Å²) in [5, 5.41) is 10.8. The van der Waals surface area contributed by atoms with Gasteiger partial charge in [0.2, 0.25) is 0 Å². The molecule has 1 saturated heterocycles. The molecule has 3 rings (SSSR count). The number of rotatable bonds is 2. The third kappa shape index (κ3) is 2.91. The van der Waals surface area contributed by atoms with Crippen molar-refractivity contribution in [3.63, 3.8) is 0 Å². The van der Waals surface area contributed by atoms with E-state index in [4.69, 9.17) is 17.3 Å². The van der Waals surface area contributed by atoms with Crippen molar-refractivity contribution in [1.29, 1.82) is 0 Å². The van der Waals surface area contributed by atoms with Gasteiger partial charge in [-0.05, 0) is 30.7 Å². The van der Waals surface area contributed by atoms with Crippen molar-refractivity contribution in [1.82, 2.24) is 4.90 Å². The van der Waals surface area contributed by atoms with Crippen LogP contribution in [-0.4, -0.2) is 34.9 Å². The average Bonchev–Trinajstić information content (AvgIpc) is 3.00. The molecule has 3 unspecified atom stereocenters. The molecule has 0 aromatic heterocycles. The first-order chi connectivity index (χ1) is 9.97. The molecule has 1 amide bonds. The maximum atomic E-state index is 12.5. The molecule has 6 nitrogen and oxygen atoms in total. The van der Waals surface area contributed by atoms with E-state index in [0.29, 0.717) is 30.5 Å². The number of nitrogens with zero attached hydrogens (tertiary/aromatic N) is 2. The predicted molar refractivity (Wildman–Crippen MR) is 85.4 cm³/mol. The van der Waals surface area contributed by atoms with Gasteiger partial charge in [0.05, 0.1) is 15.5 Å². The Balaban J connectivity index is 0.00000176. The first kappa shape index (κ1) is 17.0. The van der Waals surface area contributed by atoms with Gasteiger partial charge in [-0.2, -0.15) is 0 Å². The number of carbonyl (C=O) groups excluding carboxylic acids is 1. The topological polar surface area (TPSA) is 89.5 Å². The SMILES string of the molecule is Cl.NC1CCC2CN(C(=O)c3ccc([N+](=O)[O-])cc3Cl)CC12. The highest BCUT2D eigenvalue weighted by Gasteiger charge is 2.42. The molecule has 8 heteroatoms. The second-order valence-electron chi connectivity index (χ2n) is 5.80. The Hall–Kier alpha value is -1.37. The van der Waals surface area contributed by atoms with E-state index < -0.39 is 4.92 Å². The number of hydrogen-bond acceptors (Lipinski definition) is 4. The lowest BCUT2D eigenvalue weighted by Crippen LogP contribution is -2.33. The fourth-order valence-electron chi connectivity index (χ4n) is 3.43. The maximum absolute atomic E-state index is 12.5. The van der Waals surface area contributed by atoms with Crippen LogP contribution in [0.1, 0.15) is 23.2 Å². The maximum Gasteiger partial charge on any atom is 0.270 e. The Morgan fingerprint density at radius 2 is 2.09 bits per heavy atom. The fraction of sp³-hybridized carbons (Fsp3) is 0.500. The normalized spacial score (nSPS) is 26.5. The zero-order chi connectivity index (χ0) is 15.1. The number of carbonyl (C=O) groups is 1. The van der Waals surface area contributed by atoms with Gasteiger partial charge in [0.25, 0.3) is 11.6 Å². The number of non-ortho nitro benzene ring substituents is 1. The molecule has 2 aliphatic rings. The van der Waals surface area contributed by atoms with E-state index in [0.717, 1.165) is 12.8 Å². The minimum absolute atomic E-state index is 0. The molecule has 1 heterocycles. The minimum Gasteiger partial charge on any atom is -0.338 e. The molecule has 1 aliphatic carbocycles. The van der Waals surface area contributed by atoms with Crippen LogP contribution in [0, 0.1) is 22.0 Å². The lowest BCUT2D eigenvalue weighted by atomic mass is 9.98. The van der Waals surface area contributed by atoms with Crippen LogP contribution in [0.3, 0.4) is 0 Å². The van der Waals surface area contributed by atoms with Crippen LogP contribution in [-0.2, 0) is 0 Å².